The molecule has 21 heavy (non-hydrogen) atoms. The summed E-state index contributed by atoms with van der Waals surface area (Å²) in [6, 6.07) is -0.615. The molecule has 0 aromatic heterocycles. The summed E-state index contributed by atoms with van der Waals surface area (Å²) in [5.41, 5.74) is 0. The van der Waals surface area contributed by atoms with Crippen molar-refractivity contribution in [3.63, 3.8) is 0 Å². The first kappa shape index (κ1) is 14.7. The molecule has 0 spiro atoms. The molecule has 3 heterocycles. The van der Waals surface area contributed by atoms with Gasteiger partial charge in [-0.25, -0.2) is 0 Å². The number of morpholine rings is 2. The summed E-state index contributed by atoms with van der Waals surface area (Å²) in [5.74, 6) is 0.0692. The first-order chi connectivity index (χ1) is 10.3. The number of hydrogen-bond acceptors (Lipinski definition) is 5. The molecular formula is C14H23N3O4. The Morgan fingerprint density at radius 2 is 1.81 bits per heavy atom. The van der Waals surface area contributed by atoms with Crippen LogP contribution in [0.2, 0.25) is 0 Å². The maximum absolute atomic E-state index is 12.6. The lowest BCUT2D eigenvalue weighted by atomic mass is 10.1. The lowest BCUT2D eigenvalue weighted by molar-refractivity contribution is -0.148. The van der Waals surface area contributed by atoms with Crippen LogP contribution in [0.4, 0.5) is 0 Å². The zero-order valence-corrected chi connectivity index (χ0v) is 12.3. The fourth-order valence-electron chi connectivity index (χ4n) is 3.21. The van der Waals surface area contributed by atoms with Crippen LogP contribution in [0.25, 0.3) is 0 Å². The van der Waals surface area contributed by atoms with Crippen LogP contribution in [0.3, 0.4) is 0 Å². The molecule has 0 aliphatic carbocycles. The molecule has 3 rings (SSSR count). The van der Waals surface area contributed by atoms with E-state index in [1.165, 1.54) is 0 Å². The molecule has 0 bridgehead atoms. The highest BCUT2D eigenvalue weighted by Gasteiger charge is 2.39. The van der Waals surface area contributed by atoms with Crippen molar-refractivity contribution >= 4 is 11.8 Å². The molecule has 0 aromatic rings. The molecule has 2 amide bonds. The molecule has 3 saturated heterocycles. The Morgan fingerprint density at radius 3 is 2.52 bits per heavy atom. The van der Waals surface area contributed by atoms with Crippen LogP contribution in [-0.2, 0) is 19.1 Å². The molecule has 3 aliphatic rings. The summed E-state index contributed by atoms with van der Waals surface area (Å²) < 4.78 is 10.6. The minimum absolute atomic E-state index is 0.00110. The highest BCUT2D eigenvalue weighted by molar-refractivity contribution is 5.90. The van der Waals surface area contributed by atoms with Gasteiger partial charge in [0.25, 0.3) is 0 Å². The first-order valence-electron chi connectivity index (χ1n) is 7.75. The van der Waals surface area contributed by atoms with Crippen LogP contribution in [0.1, 0.15) is 12.8 Å². The zero-order chi connectivity index (χ0) is 14.7. The Kier molecular flexibility index (Phi) is 4.72. The third-order valence-corrected chi connectivity index (χ3v) is 4.36. The van der Waals surface area contributed by atoms with Gasteiger partial charge in [-0.15, -0.1) is 0 Å². The van der Waals surface area contributed by atoms with E-state index in [1.54, 1.807) is 4.90 Å². The fraction of sp³-hybridized carbons (Fsp3) is 0.857. The number of likely N-dealkylation sites (tertiary alicyclic amines) is 1. The van der Waals surface area contributed by atoms with E-state index in [4.69, 9.17) is 9.47 Å². The van der Waals surface area contributed by atoms with Gasteiger partial charge in [0, 0.05) is 26.2 Å². The van der Waals surface area contributed by atoms with Crippen LogP contribution < -0.4 is 5.32 Å². The van der Waals surface area contributed by atoms with Crippen molar-refractivity contribution in [3.05, 3.63) is 0 Å². The predicted molar refractivity (Wildman–Crippen MR) is 74.7 cm³/mol. The van der Waals surface area contributed by atoms with Crippen molar-refractivity contribution in [1.29, 1.82) is 0 Å². The molecule has 3 aliphatic heterocycles. The molecule has 2 unspecified atom stereocenters. The molecule has 0 saturated carbocycles. The number of amides is 2. The number of rotatable bonds is 2. The van der Waals surface area contributed by atoms with E-state index in [1.807, 2.05) is 4.90 Å². The predicted octanol–water partition coefficient (Wildman–Crippen LogP) is -1.18. The standard InChI is InChI=1S/C14H23N3O4/c18-13(11-10-21-7-3-15-11)17-4-1-2-12(17)14(19)16-5-8-20-9-6-16/h11-12,15H,1-10H2. The number of nitrogens with one attached hydrogen (secondary N) is 1. The Bertz CT molecular complexity index is 356. The number of ether oxygens (including phenoxy) is 2. The van der Waals surface area contributed by atoms with Crippen molar-refractivity contribution in [3.8, 4) is 0 Å². The van der Waals surface area contributed by atoms with Gasteiger partial charge in [-0.3, -0.25) is 9.59 Å². The van der Waals surface area contributed by atoms with E-state index in [2.05, 4.69) is 5.32 Å². The van der Waals surface area contributed by atoms with Gasteiger partial charge in [-0.2, -0.15) is 0 Å². The van der Waals surface area contributed by atoms with E-state index in [9.17, 15) is 9.59 Å². The molecule has 2 atom stereocenters. The molecule has 7 heteroatoms. The topological polar surface area (TPSA) is 71.1 Å². The zero-order valence-electron chi connectivity index (χ0n) is 12.3. The van der Waals surface area contributed by atoms with Crippen LogP contribution in [0.5, 0.6) is 0 Å². The minimum atomic E-state index is -0.308. The molecule has 0 radical (unpaired) electrons. The Balaban J connectivity index is 1.63. The summed E-state index contributed by atoms with van der Waals surface area (Å²) in [6.45, 7) is 4.82. The van der Waals surface area contributed by atoms with Gasteiger partial charge in [0.1, 0.15) is 12.1 Å². The largest absolute Gasteiger partial charge is 0.378 e. The second-order valence-electron chi connectivity index (χ2n) is 5.71. The van der Waals surface area contributed by atoms with Gasteiger partial charge in [0.2, 0.25) is 11.8 Å². The third-order valence-electron chi connectivity index (χ3n) is 4.36. The highest BCUT2D eigenvalue weighted by atomic mass is 16.5. The van der Waals surface area contributed by atoms with Crippen LogP contribution in [0.15, 0.2) is 0 Å². The van der Waals surface area contributed by atoms with Gasteiger partial charge < -0.3 is 24.6 Å². The quantitative estimate of drug-likeness (QED) is 0.695. The number of carbonyl (C=O) groups is 2. The Labute approximate surface area is 124 Å². The summed E-state index contributed by atoms with van der Waals surface area (Å²) in [6.07, 6.45) is 1.65. The average Bonchev–Trinajstić information content (AvgIpc) is 3.04. The van der Waals surface area contributed by atoms with Crippen molar-refractivity contribution in [2.24, 2.45) is 0 Å². The van der Waals surface area contributed by atoms with Crippen LogP contribution in [0, 0.1) is 0 Å². The number of hydrogen-bond donors (Lipinski definition) is 1. The van der Waals surface area contributed by atoms with E-state index < -0.39 is 0 Å². The van der Waals surface area contributed by atoms with E-state index >= 15 is 0 Å². The van der Waals surface area contributed by atoms with Crippen molar-refractivity contribution in [2.45, 2.75) is 24.9 Å². The van der Waals surface area contributed by atoms with Gasteiger partial charge >= 0.3 is 0 Å². The lowest BCUT2D eigenvalue weighted by Crippen LogP contribution is -2.57. The Hall–Kier alpha value is -1.18. The Morgan fingerprint density at radius 1 is 1.00 bits per heavy atom. The SMILES string of the molecule is O=C(C1CCCN1C(=O)C1COCCN1)N1CCOCC1. The summed E-state index contributed by atoms with van der Waals surface area (Å²) in [5, 5.41) is 3.17. The summed E-state index contributed by atoms with van der Waals surface area (Å²) in [4.78, 5) is 28.8. The van der Waals surface area contributed by atoms with Crippen molar-refractivity contribution in [1.82, 2.24) is 15.1 Å². The first-order valence-corrected chi connectivity index (χ1v) is 7.75. The summed E-state index contributed by atoms with van der Waals surface area (Å²) >= 11 is 0. The van der Waals surface area contributed by atoms with Gasteiger partial charge in [-0.1, -0.05) is 0 Å². The molecule has 0 aromatic carbocycles. The second-order valence-corrected chi connectivity index (χ2v) is 5.71. The summed E-state index contributed by atoms with van der Waals surface area (Å²) in [7, 11) is 0. The van der Waals surface area contributed by atoms with Gasteiger partial charge in [-0.05, 0) is 12.8 Å². The number of carbonyl (C=O) groups excluding carboxylic acids is 2. The monoisotopic (exact) mass is 297 g/mol. The van der Waals surface area contributed by atoms with Crippen molar-refractivity contribution in [2.75, 3.05) is 52.6 Å². The molecule has 1 N–H and O–H groups in total. The smallest absolute Gasteiger partial charge is 0.245 e. The van der Waals surface area contributed by atoms with E-state index in [0.29, 0.717) is 52.6 Å². The second kappa shape index (κ2) is 6.72. The average molecular weight is 297 g/mol. The molecule has 118 valence electrons. The molecular weight excluding hydrogens is 274 g/mol. The van der Waals surface area contributed by atoms with E-state index in [-0.39, 0.29) is 23.9 Å². The maximum Gasteiger partial charge on any atom is 0.245 e. The van der Waals surface area contributed by atoms with Crippen LogP contribution in [-0.4, -0.2) is 86.3 Å². The normalized spacial score (nSPS) is 30.5. The number of nitrogens with zero attached hydrogens (tertiary/aromatic N) is 2. The fourth-order valence-corrected chi connectivity index (χ4v) is 3.21. The van der Waals surface area contributed by atoms with E-state index in [0.717, 1.165) is 12.8 Å². The molecule has 3 fully saturated rings. The van der Waals surface area contributed by atoms with Gasteiger partial charge in [0.05, 0.1) is 26.4 Å². The lowest BCUT2D eigenvalue weighted by Gasteiger charge is -2.34. The third kappa shape index (κ3) is 3.20. The molecule has 7 nitrogen and oxygen atoms in total. The minimum Gasteiger partial charge on any atom is -0.378 e. The highest BCUT2D eigenvalue weighted by Crippen LogP contribution is 2.21. The van der Waals surface area contributed by atoms with Crippen molar-refractivity contribution < 1.29 is 19.1 Å². The van der Waals surface area contributed by atoms with Gasteiger partial charge in [0.15, 0.2) is 0 Å². The van der Waals surface area contributed by atoms with Crippen LogP contribution >= 0.6 is 0 Å². The maximum atomic E-state index is 12.6.